The molecular weight excluding hydrogens is 450 g/mol. The summed E-state index contributed by atoms with van der Waals surface area (Å²) in [6.45, 7) is -0.579. The number of nitrogens with one attached hydrogen (secondary N) is 3. The summed E-state index contributed by atoms with van der Waals surface area (Å²) in [6.07, 6.45) is 0.969. The van der Waals surface area contributed by atoms with E-state index in [1.54, 1.807) is 12.1 Å². The van der Waals surface area contributed by atoms with Crippen molar-refractivity contribution >= 4 is 40.6 Å². The Labute approximate surface area is 191 Å². The number of amides is 1. The Morgan fingerprint density at radius 2 is 1.91 bits per heavy atom. The van der Waals surface area contributed by atoms with Crippen LogP contribution in [0.2, 0.25) is 0 Å². The number of hydrogen-bond acceptors (Lipinski definition) is 11. The van der Waals surface area contributed by atoms with Crippen LogP contribution in [0.1, 0.15) is 28.9 Å². The van der Waals surface area contributed by atoms with Gasteiger partial charge in [0.2, 0.25) is 5.95 Å². The number of hydrogen-bond donors (Lipinski definition) is 6. The quantitative estimate of drug-likeness (QED) is 0.160. The highest BCUT2D eigenvalue weighted by molar-refractivity contribution is 5.97. The highest BCUT2D eigenvalue weighted by atomic mass is 16.6. The van der Waals surface area contributed by atoms with E-state index in [1.807, 2.05) is 0 Å². The Hall–Kier alpha value is -4.59. The molecule has 3 aromatic rings. The minimum absolute atomic E-state index is 0.0538. The summed E-state index contributed by atoms with van der Waals surface area (Å²) in [7, 11) is 0. The SMILES string of the molecule is Nc1nc2ncc(CNc3ccc(C(=O)N[C@@H](CCC(=O)OCO)C(=O)O)cc3)nc2c(=O)[nH]1. The number of ether oxygens (including phenoxy) is 1. The molecule has 0 fully saturated rings. The molecule has 34 heavy (non-hydrogen) atoms. The topological polar surface area (TPSA) is 223 Å². The van der Waals surface area contributed by atoms with Crippen LogP contribution < -0.4 is 21.9 Å². The number of H-pyrrole nitrogens is 1. The van der Waals surface area contributed by atoms with Gasteiger partial charge in [0.05, 0.1) is 18.4 Å². The Kier molecular flexibility index (Phi) is 7.66. The number of aliphatic hydroxyl groups excluding tert-OH is 1. The summed E-state index contributed by atoms with van der Waals surface area (Å²) in [5, 5.41) is 23.2. The zero-order valence-corrected chi connectivity index (χ0v) is 17.6. The van der Waals surface area contributed by atoms with Gasteiger partial charge >= 0.3 is 11.9 Å². The third-order valence-electron chi connectivity index (χ3n) is 4.57. The van der Waals surface area contributed by atoms with E-state index in [0.29, 0.717) is 11.4 Å². The second kappa shape index (κ2) is 10.8. The average molecular weight is 471 g/mol. The largest absolute Gasteiger partial charge is 0.480 e. The first-order chi connectivity index (χ1) is 16.3. The molecule has 0 aliphatic carbocycles. The number of nitrogens with two attached hydrogens (primary N) is 1. The maximum absolute atomic E-state index is 12.4. The Morgan fingerprint density at radius 3 is 2.59 bits per heavy atom. The minimum atomic E-state index is -1.31. The third-order valence-corrected chi connectivity index (χ3v) is 4.57. The zero-order chi connectivity index (χ0) is 24.7. The number of aliphatic hydroxyl groups is 1. The van der Waals surface area contributed by atoms with Gasteiger partial charge in [-0.05, 0) is 30.7 Å². The molecule has 0 aliphatic heterocycles. The number of fused-ring (bicyclic) bond motifs is 1. The number of nitrogen functional groups attached to an aromatic ring is 1. The summed E-state index contributed by atoms with van der Waals surface area (Å²) < 4.78 is 4.33. The van der Waals surface area contributed by atoms with E-state index in [-0.39, 0.29) is 42.1 Å². The first-order valence-electron chi connectivity index (χ1n) is 9.92. The summed E-state index contributed by atoms with van der Waals surface area (Å²) in [5.41, 5.74) is 6.46. The molecule has 0 saturated heterocycles. The van der Waals surface area contributed by atoms with Gasteiger partial charge in [-0.15, -0.1) is 0 Å². The number of aromatic nitrogens is 4. The lowest BCUT2D eigenvalue weighted by molar-refractivity contribution is -0.152. The Balaban J connectivity index is 1.59. The van der Waals surface area contributed by atoms with Crippen molar-refractivity contribution in [3.63, 3.8) is 0 Å². The Bertz CT molecular complexity index is 1260. The van der Waals surface area contributed by atoms with Gasteiger partial charge in [0.1, 0.15) is 6.04 Å². The van der Waals surface area contributed by atoms with Gasteiger partial charge in [-0.3, -0.25) is 19.4 Å². The van der Waals surface area contributed by atoms with Crippen LogP contribution in [0.25, 0.3) is 11.2 Å². The van der Waals surface area contributed by atoms with Crippen molar-refractivity contribution < 1.29 is 29.3 Å². The third kappa shape index (κ3) is 6.23. The van der Waals surface area contributed by atoms with Crippen molar-refractivity contribution in [2.24, 2.45) is 0 Å². The van der Waals surface area contributed by atoms with E-state index in [1.165, 1.54) is 18.3 Å². The molecule has 0 bridgehead atoms. The van der Waals surface area contributed by atoms with E-state index in [2.05, 4.69) is 35.3 Å². The second-order valence-corrected chi connectivity index (χ2v) is 6.96. The first-order valence-corrected chi connectivity index (χ1v) is 9.92. The van der Waals surface area contributed by atoms with E-state index in [9.17, 15) is 24.3 Å². The van der Waals surface area contributed by atoms with Crippen LogP contribution in [0.3, 0.4) is 0 Å². The smallest absolute Gasteiger partial charge is 0.326 e. The van der Waals surface area contributed by atoms with Crippen LogP contribution in [0, 0.1) is 0 Å². The fourth-order valence-corrected chi connectivity index (χ4v) is 2.89. The average Bonchev–Trinajstić information content (AvgIpc) is 2.80. The highest BCUT2D eigenvalue weighted by Gasteiger charge is 2.22. The summed E-state index contributed by atoms with van der Waals surface area (Å²) in [5.74, 6) is -2.78. The molecule has 0 unspecified atom stereocenters. The summed E-state index contributed by atoms with van der Waals surface area (Å²) >= 11 is 0. The monoisotopic (exact) mass is 471 g/mol. The van der Waals surface area contributed by atoms with E-state index >= 15 is 0 Å². The zero-order valence-electron chi connectivity index (χ0n) is 17.6. The number of esters is 1. The van der Waals surface area contributed by atoms with E-state index in [0.717, 1.165) is 0 Å². The number of rotatable bonds is 10. The molecule has 1 aromatic carbocycles. The molecule has 178 valence electrons. The minimum Gasteiger partial charge on any atom is -0.480 e. The van der Waals surface area contributed by atoms with Gasteiger partial charge in [-0.25, -0.2) is 14.8 Å². The molecule has 14 heteroatoms. The predicted molar refractivity (Wildman–Crippen MR) is 117 cm³/mol. The van der Waals surface area contributed by atoms with Crippen molar-refractivity contribution in [1.82, 2.24) is 25.3 Å². The normalized spacial score (nSPS) is 11.6. The molecule has 1 atom stereocenters. The summed E-state index contributed by atoms with van der Waals surface area (Å²) in [6, 6.07) is 4.87. The number of nitrogens with zero attached hydrogens (tertiary/aromatic N) is 3. The molecule has 2 heterocycles. The van der Waals surface area contributed by atoms with Gasteiger partial charge < -0.3 is 31.3 Å². The fourth-order valence-electron chi connectivity index (χ4n) is 2.89. The lowest BCUT2D eigenvalue weighted by Gasteiger charge is -2.14. The van der Waals surface area contributed by atoms with Crippen molar-refractivity contribution in [2.45, 2.75) is 25.4 Å². The van der Waals surface area contributed by atoms with Crippen LogP contribution in [0.5, 0.6) is 0 Å². The van der Waals surface area contributed by atoms with Gasteiger partial charge in [0, 0.05) is 17.7 Å². The predicted octanol–water partition coefficient (Wildman–Crippen LogP) is -0.636. The van der Waals surface area contributed by atoms with Crippen LogP contribution >= 0.6 is 0 Å². The number of benzene rings is 1. The molecule has 2 aromatic heterocycles. The van der Waals surface area contributed by atoms with Crippen LogP contribution in [-0.4, -0.2) is 60.8 Å². The molecular formula is C20H21N7O7. The van der Waals surface area contributed by atoms with E-state index < -0.39 is 36.2 Å². The van der Waals surface area contributed by atoms with Crippen LogP contribution in [-0.2, 0) is 20.9 Å². The molecule has 1 amide bonds. The first kappa shape index (κ1) is 24.1. The van der Waals surface area contributed by atoms with Crippen LogP contribution in [0.4, 0.5) is 11.6 Å². The number of carbonyl (C=O) groups is 3. The number of carboxylic acid groups (broad SMARTS) is 1. The molecule has 3 rings (SSSR count). The van der Waals surface area contributed by atoms with Gasteiger partial charge in [-0.1, -0.05) is 0 Å². The van der Waals surface area contributed by atoms with Gasteiger partial charge in [0.15, 0.2) is 18.0 Å². The number of carbonyl (C=O) groups excluding carboxylic acids is 2. The lowest BCUT2D eigenvalue weighted by atomic mass is 10.1. The van der Waals surface area contributed by atoms with Crippen LogP contribution in [0.15, 0.2) is 35.3 Å². The van der Waals surface area contributed by atoms with Crippen molar-refractivity contribution in [3.05, 3.63) is 52.1 Å². The molecule has 7 N–H and O–H groups in total. The van der Waals surface area contributed by atoms with E-state index in [4.69, 9.17) is 10.8 Å². The molecule has 0 saturated carbocycles. The molecule has 0 aliphatic rings. The van der Waals surface area contributed by atoms with Gasteiger partial charge in [-0.2, -0.15) is 4.98 Å². The maximum Gasteiger partial charge on any atom is 0.326 e. The highest BCUT2D eigenvalue weighted by Crippen LogP contribution is 2.12. The summed E-state index contributed by atoms with van der Waals surface area (Å²) in [4.78, 5) is 61.5. The lowest BCUT2D eigenvalue weighted by Crippen LogP contribution is -2.41. The number of carboxylic acids is 1. The fraction of sp³-hybridized carbons (Fsp3) is 0.250. The second-order valence-electron chi connectivity index (χ2n) is 6.96. The van der Waals surface area contributed by atoms with Crippen molar-refractivity contribution in [1.29, 1.82) is 0 Å². The number of aliphatic carboxylic acids is 1. The standard InChI is InChI=1S/C20H21N7O7/c21-20-26-16-15(18(31)27-20)24-12(8-23-16)7-22-11-3-1-10(2-4-11)17(30)25-13(19(32)33)5-6-14(29)34-9-28/h1-4,8,13,22,28H,5-7,9H2,(H,25,30)(H,32,33)(H3,21,23,26,27,31)/t13-/m0/s1. The number of anilines is 2. The molecule has 0 spiro atoms. The number of aromatic amines is 1. The Morgan fingerprint density at radius 1 is 1.18 bits per heavy atom. The van der Waals surface area contributed by atoms with Gasteiger partial charge in [0.25, 0.3) is 11.5 Å². The molecule has 14 nitrogen and oxygen atoms in total. The maximum atomic E-state index is 12.4. The van der Waals surface area contributed by atoms with Crippen molar-refractivity contribution in [3.8, 4) is 0 Å². The van der Waals surface area contributed by atoms with Crippen molar-refractivity contribution in [2.75, 3.05) is 17.8 Å². The molecule has 0 radical (unpaired) electrons.